The molecule has 1 nitrogen and oxygen atoms in total. The van der Waals surface area contributed by atoms with Crippen molar-refractivity contribution in [1.29, 1.82) is 0 Å². The third kappa shape index (κ3) is 2.48. The fraction of sp³-hybridized carbons (Fsp3) is 0.0714. The molecule has 0 N–H and O–H groups in total. The first-order valence-electron chi connectivity index (χ1n) is 5.25. The summed E-state index contributed by atoms with van der Waals surface area (Å²) in [5.41, 5.74) is 1.13. The molecule has 0 aliphatic rings. The summed E-state index contributed by atoms with van der Waals surface area (Å²) in [6.45, 7) is 1.84. The van der Waals surface area contributed by atoms with Gasteiger partial charge < -0.3 is 0 Å². The number of hydrogen-bond acceptors (Lipinski definition) is 1. The van der Waals surface area contributed by atoms with Crippen LogP contribution in [0.2, 0.25) is 0 Å². The van der Waals surface area contributed by atoms with Gasteiger partial charge in [0.25, 0.3) is 0 Å². The third-order valence-corrected chi connectivity index (χ3v) is 3.49. The molecular weight excluding hydrogens is 302 g/mol. The van der Waals surface area contributed by atoms with Crippen LogP contribution < -0.4 is 0 Å². The lowest BCUT2D eigenvalue weighted by atomic mass is 10.0. The number of aryl methyl sites for hydroxylation is 1. The topological polar surface area (TPSA) is 17.1 Å². The highest BCUT2D eigenvalue weighted by molar-refractivity contribution is 9.10. The van der Waals surface area contributed by atoms with E-state index in [1.165, 1.54) is 0 Å². The van der Waals surface area contributed by atoms with Crippen LogP contribution in [-0.2, 0) is 0 Å². The van der Waals surface area contributed by atoms with Crippen LogP contribution in [0.3, 0.4) is 0 Å². The van der Waals surface area contributed by atoms with Crippen LogP contribution in [0.4, 0.5) is 8.78 Å². The van der Waals surface area contributed by atoms with Gasteiger partial charge in [0, 0.05) is 16.1 Å². The van der Waals surface area contributed by atoms with Crippen LogP contribution in [0.5, 0.6) is 0 Å². The number of halogens is 3. The Kier molecular flexibility index (Phi) is 3.57. The smallest absolute Gasteiger partial charge is 0.195 e. The number of rotatable bonds is 2. The second kappa shape index (κ2) is 4.98. The Bertz CT molecular complexity index is 623. The molecule has 0 aromatic heterocycles. The molecule has 2 aromatic rings. The van der Waals surface area contributed by atoms with Crippen LogP contribution in [0.1, 0.15) is 21.5 Å². The highest BCUT2D eigenvalue weighted by Gasteiger charge is 2.15. The Morgan fingerprint density at radius 3 is 2.44 bits per heavy atom. The van der Waals surface area contributed by atoms with Gasteiger partial charge in [0.05, 0.1) is 5.56 Å². The average molecular weight is 311 g/mol. The molecular formula is C14H9BrF2O. The van der Waals surface area contributed by atoms with Crippen molar-refractivity contribution in [3.8, 4) is 0 Å². The summed E-state index contributed by atoms with van der Waals surface area (Å²) in [6.07, 6.45) is 0. The van der Waals surface area contributed by atoms with E-state index in [2.05, 4.69) is 15.9 Å². The zero-order valence-corrected chi connectivity index (χ0v) is 11.1. The first-order valence-corrected chi connectivity index (χ1v) is 6.04. The lowest BCUT2D eigenvalue weighted by Gasteiger charge is -2.05. The van der Waals surface area contributed by atoms with Crippen molar-refractivity contribution >= 4 is 21.7 Å². The summed E-state index contributed by atoms with van der Waals surface area (Å²) >= 11 is 3.32. The second-order valence-electron chi connectivity index (χ2n) is 3.92. The van der Waals surface area contributed by atoms with E-state index in [1.54, 1.807) is 18.2 Å². The molecule has 2 rings (SSSR count). The van der Waals surface area contributed by atoms with Crippen LogP contribution in [-0.4, -0.2) is 5.78 Å². The summed E-state index contributed by atoms with van der Waals surface area (Å²) < 4.78 is 27.1. The van der Waals surface area contributed by atoms with Crippen molar-refractivity contribution < 1.29 is 13.6 Å². The summed E-state index contributed by atoms with van der Waals surface area (Å²) in [6, 6.07) is 7.92. The van der Waals surface area contributed by atoms with Gasteiger partial charge in [-0.2, -0.15) is 0 Å². The molecule has 0 radical (unpaired) electrons. The number of carbonyl (C=O) groups excluding carboxylic acids is 1. The normalized spacial score (nSPS) is 10.4. The highest BCUT2D eigenvalue weighted by Crippen LogP contribution is 2.20. The van der Waals surface area contributed by atoms with E-state index in [-0.39, 0.29) is 5.56 Å². The largest absolute Gasteiger partial charge is 0.288 e. The van der Waals surface area contributed by atoms with Gasteiger partial charge in [0.2, 0.25) is 0 Å². The minimum absolute atomic E-state index is 0.127. The molecule has 0 amide bonds. The van der Waals surface area contributed by atoms with Gasteiger partial charge in [-0.3, -0.25) is 4.79 Å². The monoisotopic (exact) mass is 310 g/mol. The molecule has 0 atom stereocenters. The fourth-order valence-electron chi connectivity index (χ4n) is 1.62. The number of ketones is 1. The van der Waals surface area contributed by atoms with Gasteiger partial charge in [-0.05, 0) is 42.8 Å². The third-order valence-electron chi connectivity index (χ3n) is 2.60. The fourth-order valence-corrected chi connectivity index (χ4v) is 1.86. The van der Waals surface area contributed by atoms with E-state index in [4.69, 9.17) is 0 Å². The van der Waals surface area contributed by atoms with Gasteiger partial charge in [0.15, 0.2) is 5.78 Å². The van der Waals surface area contributed by atoms with E-state index in [1.807, 2.05) is 6.92 Å². The molecule has 0 saturated heterocycles. The van der Waals surface area contributed by atoms with Gasteiger partial charge in [-0.15, -0.1) is 0 Å². The number of hydrogen-bond donors (Lipinski definition) is 0. The lowest BCUT2D eigenvalue weighted by Crippen LogP contribution is -2.05. The molecule has 92 valence electrons. The van der Waals surface area contributed by atoms with Crippen LogP contribution in [0.15, 0.2) is 40.9 Å². The summed E-state index contributed by atoms with van der Waals surface area (Å²) in [4.78, 5) is 12.1. The zero-order chi connectivity index (χ0) is 13.3. The molecule has 0 saturated carbocycles. The first-order chi connectivity index (χ1) is 8.49. The molecule has 0 spiro atoms. The van der Waals surface area contributed by atoms with Gasteiger partial charge in [0.1, 0.15) is 11.6 Å². The van der Waals surface area contributed by atoms with Crippen LogP contribution in [0.25, 0.3) is 0 Å². The van der Waals surface area contributed by atoms with E-state index in [0.717, 1.165) is 22.2 Å². The Hall–Kier alpha value is -1.55. The molecule has 0 unspecified atom stereocenters. The molecule has 0 fully saturated rings. The van der Waals surface area contributed by atoms with Crippen molar-refractivity contribution in [3.05, 3.63) is 69.2 Å². The number of benzene rings is 2. The average Bonchev–Trinajstić information content (AvgIpc) is 2.32. The summed E-state index contributed by atoms with van der Waals surface area (Å²) in [5.74, 6) is -2.00. The lowest BCUT2D eigenvalue weighted by molar-refractivity contribution is 0.103. The summed E-state index contributed by atoms with van der Waals surface area (Å²) in [7, 11) is 0. The van der Waals surface area contributed by atoms with Crippen LogP contribution in [0, 0.1) is 18.6 Å². The molecule has 4 heteroatoms. The van der Waals surface area contributed by atoms with E-state index in [9.17, 15) is 13.6 Å². The Labute approximate surface area is 112 Å². The van der Waals surface area contributed by atoms with Crippen molar-refractivity contribution in [2.45, 2.75) is 6.92 Å². The SMILES string of the molecule is Cc1cc(C(=O)c2ccc(F)cc2F)ccc1Br. The molecule has 2 aromatic carbocycles. The standard InChI is InChI=1S/C14H9BrF2O/c1-8-6-9(2-5-12(8)15)14(18)11-4-3-10(16)7-13(11)17/h2-7H,1H3. The summed E-state index contributed by atoms with van der Waals surface area (Å²) in [5, 5.41) is 0. The van der Waals surface area contributed by atoms with E-state index in [0.29, 0.717) is 11.6 Å². The minimum atomic E-state index is -0.847. The number of carbonyl (C=O) groups is 1. The zero-order valence-electron chi connectivity index (χ0n) is 9.51. The van der Waals surface area contributed by atoms with Crippen LogP contribution >= 0.6 is 15.9 Å². The minimum Gasteiger partial charge on any atom is -0.288 e. The van der Waals surface area contributed by atoms with E-state index >= 15 is 0 Å². The maximum atomic E-state index is 13.5. The van der Waals surface area contributed by atoms with Gasteiger partial charge in [-0.25, -0.2) is 8.78 Å². The maximum Gasteiger partial charge on any atom is 0.195 e. The molecule has 0 bridgehead atoms. The molecule has 0 aliphatic carbocycles. The van der Waals surface area contributed by atoms with Gasteiger partial charge in [-0.1, -0.05) is 15.9 Å². The molecule has 0 aliphatic heterocycles. The predicted molar refractivity (Wildman–Crippen MR) is 68.7 cm³/mol. The van der Waals surface area contributed by atoms with Crippen molar-refractivity contribution in [3.63, 3.8) is 0 Å². The Balaban J connectivity index is 2.44. The maximum absolute atomic E-state index is 13.5. The molecule has 18 heavy (non-hydrogen) atoms. The van der Waals surface area contributed by atoms with E-state index < -0.39 is 17.4 Å². The Morgan fingerprint density at radius 2 is 1.83 bits per heavy atom. The highest BCUT2D eigenvalue weighted by atomic mass is 79.9. The molecule has 0 heterocycles. The Morgan fingerprint density at radius 1 is 1.11 bits per heavy atom. The quantitative estimate of drug-likeness (QED) is 0.757. The first kappa shape index (κ1) is 12.9. The van der Waals surface area contributed by atoms with Crippen molar-refractivity contribution in [2.24, 2.45) is 0 Å². The predicted octanol–water partition coefficient (Wildman–Crippen LogP) is 4.27. The van der Waals surface area contributed by atoms with Crippen molar-refractivity contribution in [2.75, 3.05) is 0 Å². The second-order valence-corrected chi connectivity index (χ2v) is 4.77. The van der Waals surface area contributed by atoms with Crippen molar-refractivity contribution in [1.82, 2.24) is 0 Å². The van der Waals surface area contributed by atoms with Gasteiger partial charge >= 0.3 is 0 Å².